The summed E-state index contributed by atoms with van der Waals surface area (Å²) in [7, 11) is 0. The fourth-order valence-corrected chi connectivity index (χ4v) is 10.2. The van der Waals surface area contributed by atoms with Gasteiger partial charge >= 0.3 is 11.9 Å². The molecule has 0 rings (SSSR count). The number of hydrogen-bond donors (Lipinski definition) is 1. The van der Waals surface area contributed by atoms with Crippen LogP contribution in [0, 0.1) is 0 Å². The van der Waals surface area contributed by atoms with Gasteiger partial charge in [-0.25, -0.2) is 0 Å². The van der Waals surface area contributed by atoms with Crippen molar-refractivity contribution in [2.75, 3.05) is 13.2 Å². The maximum absolute atomic E-state index is 12.3. The zero-order valence-electron chi connectivity index (χ0n) is 47.8. The summed E-state index contributed by atoms with van der Waals surface area (Å²) < 4.78 is 10.7. The van der Waals surface area contributed by atoms with Crippen molar-refractivity contribution in [1.29, 1.82) is 0 Å². The lowest BCUT2D eigenvalue weighted by atomic mass is 10.0. The minimum absolute atomic E-state index is 0.0593. The van der Waals surface area contributed by atoms with Gasteiger partial charge in [-0.15, -0.1) is 0 Å². The Kier molecular flexibility index (Phi) is 60.7. The molecule has 1 N–H and O–H groups in total. The number of esters is 2. The Bertz CT molecular complexity index is 1030. The summed E-state index contributed by atoms with van der Waals surface area (Å²) in [5.74, 6) is -0.570. The molecule has 0 bridgehead atoms. The smallest absolute Gasteiger partial charge is 0.306 e. The third-order valence-electron chi connectivity index (χ3n) is 15.1. The van der Waals surface area contributed by atoms with Crippen molar-refractivity contribution in [3.63, 3.8) is 0 Å². The number of aliphatic hydroxyl groups excluding tert-OH is 1. The van der Waals surface area contributed by atoms with E-state index in [1.165, 1.54) is 315 Å². The minimum atomic E-state index is -0.769. The van der Waals surface area contributed by atoms with Gasteiger partial charge in [0, 0.05) is 12.8 Å². The van der Waals surface area contributed by atoms with Gasteiger partial charge in [-0.2, -0.15) is 0 Å². The first kappa shape index (κ1) is 68.6. The largest absolute Gasteiger partial charge is 0.462 e. The lowest BCUT2D eigenvalue weighted by molar-refractivity contribution is -0.161. The first-order chi connectivity index (χ1) is 34.6. The van der Waals surface area contributed by atoms with Crippen molar-refractivity contribution >= 4 is 11.9 Å². The van der Waals surface area contributed by atoms with Crippen LogP contribution in [0.5, 0.6) is 0 Å². The fourth-order valence-electron chi connectivity index (χ4n) is 10.2. The molecule has 0 heterocycles. The van der Waals surface area contributed by atoms with Crippen LogP contribution in [0.15, 0.2) is 12.2 Å². The summed E-state index contributed by atoms with van der Waals surface area (Å²) >= 11 is 0. The van der Waals surface area contributed by atoms with Gasteiger partial charge in [0.25, 0.3) is 0 Å². The molecule has 1 unspecified atom stereocenters. The molecule has 0 spiro atoms. The highest BCUT2D eigenvalue weighted by molar-refractivity contribution is 5.70. The molecule has 0 amide bonds. The Morgan fingerprint density at radius 3 is 0.771 bits per heavy atom. The molecule has 0 aliphatic carbocycles. The summed E-state index contributed by atoms with van der Waals surface area (Å²) in [5.41, 5.74) is 0. The summed E-state index contributed by atoms with van der Waals surface area (Å²) in [6.45, 7) is 4.20. The number of unbranched alkanes of at least 4 members (excludes halogenated alkanes) is 51. The number of carbonyl (C=O) groups excluding carboxylic acids is 2. The Morgan fingerprint density at radius 2 is 0.529 bits per heavy atom. The second-order valence-electron chi connectivity index (χ2n) is 22.2. The van der Waals surface area contributed by atoms with E-state index in [9.17, 15) is 14.7 Å². The van der Waals surface area contributed by atoms with Crippen LogP contribution in [0.2, 0.25) is 0 Å². The van der Waals surface area contributed by atoms with Crippen molar-refractivity contribution in [2.24, 2.45) is 0 Å². The highest BCUT2D eigenvalue weighted by atomic mass is 16.6. The van der Waals surface area contributed by atoms with Gasteiger partial charge in [-0.05, 0) is 38.5 Å². The zero-order chi connectivity index (χ0) is 50.6. The molecule has 416 valence electrons. The molecular weight excluding hydrogens is 861 g/mol. The molecule has 0 aliphatic heterocycles. The molecule has 0 saturated carbocycles. The second-order valence-corrected chi connectivity index (χ2v) is 22.2. The molecule has 5 nitrogen and oxygen atoms in total. The standard InChI is InChI=1S/C65H126O5/c1-3-5-7-9-11-13-15-17-19-21-23-24-25-26-27-28-29-30-31-32-33-34-35-36-37-38-39-40-42-43-45-47-49-51-53-55-57-59-64(67)69-62-63(61-66)70-65(68)60-58-56-54-52-50-48-46-44-41-22-20-18-16-14-12-10-8-6-4-2/h18,20,63,66H,3-17,19,21-62H2,1-2H3/b20-18-. The van der Waals surface area contributed by atoms with E-state index in [1.54, 1.807) is 0 Å². The molecule has 0 radical (unpaired) electrons. The molecular formula is C65H126O5. The molecule has 0 aromatic rings. The molecule has 0 saturated heterocycles. The van der Waals surface area contributed by atoms with Crippen molar-refractivity contribution in [3.05, 3.63) is 12.2 Å². The topological polar surface area (TPSA) is 72.8 Å². The SMILES string of the molecule is CCCCCCCC/C=C\CCCCCCCCCCCC(=O)OC(CO)COC(=O)CCCCCCCCCCCCCCCCCCCCCCCCCCCCCCCCCCCCCCC. The number of allylic oxidation sites excluding steroid dienone is 2. The minimum Gasteiger partial charge on any atom is -0.462 e. The number of rotatable bonds is 61. The van der Waals surface area contributed by atoms with Gasteiger partial charge in [-0.1, -0.05) is 334 Å². The van der Waals surface area contributed by atoms with Gasteiger partial charge in [0.15, 0.2) is 6.10 Å². The lowest BCUT2D eigenvalue weighted by Gasteiger charge is -2.15. The monoisotopic (exact) mass is 987 g/mol. The number of aliphatic hydroxyl groups is 1. The van der Waals surface area contributed by atoms with E-state index >= 15 is 0 Å². The van der Waals surface area contributed by atoms with Crippen LogP contribution in [0.3, 0.4) is 0 Å². The molecule has 0 fully saturated rings. The van der Waals surface area contributed by atoms with Crippen molar-refractivity contribution in [1.82, 2.24) is 0 Å². The van der Waals surface area contributed by atoms with Crippen molar-refractivity contribution < 1.29 is 24.2 Å². The quantitative estimate of drug-likeness (QED) is 0.0373. The summed E-state index contributed by atoms with van der Waals surface area (Å²) in [5, 5.41) is 9.66. The van der Waals surface area contributed by atoms with E-state index in [2.05, 4.69) is 26.0 Å². The third-order valence-corrected chi connectivity index (χ3v) is 15.1. The van der Waals surface area contributed by atoms with Gasteiger partial charge < -0.3 is 14.6 Å². The number of ether oxygens (including phenoxy) is 2. The van der Waals surface area contributed by atoms with Crippen LogP contribution in [0.1, 0.15) is 373 Å². The molecule has 0 aliphatic rings. The van der Waals surface area contributed by atoms with E-state index in [-0.39, 0.29) is 25.2 Å². The van der Waals surface area contributed by atoms with Crippen LogP contribution < -0.4 is 0 Å². The molecule has 5 heteroatoms. The average molecular weight is 988 g/mol. The first-order valence-corrected chi connectivity index (χ1v) is 32.2. The summed E-state index contributed by atoms with van der Waals surface area (Å²) in [6, 6.07) is 0. The predicted octanol–water partition coefficient (Wildman–Crippen LogP) is 21.9. The van der Waals surface area contributed by atoms with Crippen LogP contribution in [0.25, 0.3) is 0 Å². The van der Waals surface area contributed by atoms with Crippen LogP contribution >= 0.6 is 0 Å². The van der Waals surface area contributed by atoms with E-state index < -0.39 is 6.10 Å². The fraction of sp³-hybridized carbons (Fsp3) is 0.938. The molecule has 1 atom stereocenters. The van der Waals surface area contributed by atoms with Gasteiger partial charge in [0.2, 0.25) is 0 Å². The van der Waals surface area contributed by atoms with E-state index in [0.717, 1.165) is 32.1 Å². The van der Waals surface area contributed by atoms with Crippen LogP contribution in [-0.4, -0.2) is 36.4 Å². The Balaban J connectivity index is 3.35. The number of carbonyl (C=O) groups is 2. The molecule has 0 aromatic carbocycles. The van der Waals surface area contributed by atoms with E-state index in [1.807, 2.05) is 0 Å². The maximum atomic E-state index is 12.3. The Morgan fingerprint density at radius 1 is 0.314 bits per heavy atom. The third kappa shape index (κ3) is 59.2. The first-order valence-electron chi connectivity index (χ1n) is 32.2. The highest BCUT2D eigenvalue weighted by Crippen LogP contribution is 2.19. The van der Waals surface area contributed by atoms with E-state index in [0.29, 0.717) is 12.8 Å². The second kappa shape index (κ2) is 61.9. The van der Waals surface area contributed by atoms with Crippen LogP contribution in [-0.2, 0) is 19.1 Å². The Labute approximate surface area is 439 Å². The van der Waals surface area contributed by atoms with Crippen molar-refractivity contribution in [2.45, 2.75) is 380 Å². The molecule has 0 aromatic heterocycles. The average Bonchev–Trinajstić information content (AvgIpc) is 3.36. The highest BCUT2D eigenvalue weighted by Gasteiger charge is 2.16. The van der Waals surface area contributed by atoms with Gasteiger partial charge in [0.1, 0.15) is 6.61 Å². The summed E-state index contributed by atoms with van der Waals surface area (Å²) in [4.78, 5) is 24.5. The van der Waals surface area contributed by atoms with Crippen LogP contribution in [0.4, 0.5) is 0 Å². The van der Waals surface area contributed by atoms with Gasteiger partial charge in [-0.3, -0.25) is 9.59 Å². The zero-order valence-corrected chi connectivity index (χ0v) is 47.8. The number of hydrogen-bond acceptors (Lipinski definition) is 5. The summed E-state index contributed by atoms with van der Waals surface area (Å²) in [6.07, 6.45) is 78.1. The molecule has 70 heavy (non-hydrogen) atoms. The maximum Gasteiger partial charge on any atom is 0.306 e. The normalized spacial score (nSPS) is 12.1. The van der Waals surface area contributed by atoms with Crippen molar-refractivity contribution in [3.8, 4) is 0 Å². The predicted molar refractivity (Wildman–Crippen MR) is 307 cm³/mol. The van der Waals surface area contributed by atoms with E-state index in [4.69, 9.17) is 9.47 Å². The van der Waals surface area contributed by atoms with Gasteiger partial charge in [0.05, 0.1) is 6.61 Å². The Hall–Kier alpha value is -1.36. The lowest BCUT2D eigenvalue weighted by Crippen LogP contribution is -2.28.